The summed E-state index contributed by atoms with van der Waals surface area (Å²) in [5.41, 5.74) is 4.68. The van der Waals surface area contributed by atoms with Crippen LogP contribution in [-0.2, 0) is 9.53 Å². The molecule has 0 radical (unpaired) electrons. The molecule has 0 bridgehead atoms. The first kappa shape index (κ1) is 12.8. The van der Waals surface area contributed by atoms with Crippen LogP contribution in [0.25, 0.3) is 0 Å². The lowest BCUT2D eigenvalue weighted by Crippen LogP contribution is -2.69. The van der Waals surface area contributed by atoms with Crippen molar-refractivity contribution in [2.75, 3.05) is 26.3 Å². The average Bonchev–Trinajstić information content (AvgIpc) is 2.26. The van der Waals surface area contributed by atoms with E-state index in [-0.39, 0.29) is 5.91 Å². The Bertz CT molecular complexity index is 294. The molecule has 2 saturated heterocycles. The highest BCUT2D eigenvalue weighted by atomic mass is 16.5. The number of aliphatic hydroxyl groups is 1. The number of nitrogens with zero attached hydrogens (tertiary/aromatic N) is 1. The Balaban J connectivity index is 1.90. The number of carbonyl (C=O) groups excluding carboxylic acids is 1. The first-order valence-electron chi connectivity index (χ1n) is 6.37. The third-order valence-corrected chi connectivity index (χ3v) is 3.78. The van der Waals surface area contributed by atoms with E-state index in [4.69, 9.17) is 10.5 Å². The fourth-order valence-electron chi connectivity index (χ4n) is 2.70. The second-order valence-electron chi connectivity index (χ2n) is 5.40. The predicted octanol–water partition coefficient (Wildman–Crippen LogP) is -0.132. The van der Waals surface area contributed by atoms with Gasteiger partial charge < -0.3 is 20.5 Å². The van der Waals surface area contributed by atoms with E-state index in [2.05, 4.69) is 0 Å². The highest BCUT2D eigenvalue weighted by Gasteiger charge is 2.48. The van der Waals surface area contributed by atoms with E-state index < -0.39 is 11.1 Å². The van der Waals surface area contributed by atoms with Gasteiger partial charge in [-0.05, 0) is 19.3 Å². The summed E-state index contributed by atoms with van der Waals surface area (Å²) in [6.45, 7) is 3.99. The van der Waals surface area contributed by atoms with Crippen molar-refractivity contribution in [2.24, 2.45) is 5.73 Å². The molecule has 0 aliphatic carbocycles. The van der Waals surface area contributed by atoms with E-state index in [0.29, 0.717) is 39.1 Å². The molecule has 2 fully saturated rings. The van der Waals surface area contributed by atoms with Gasteiger partial charge >= 0.3 is 0 Å². The summed E-state index contributed by atoms with van der Waals surface area (Å²) in [5, 5.41) is 10.1. The van der Waals surface area contributed by atoms with Crippen molar-refractivity contribution in [1.29, 1.82) is 0 Å². The third kappa shape index (κ3) is 2.46. The van der Waals surface area contributed by atoms with Crippen LogP contribution in [-0.4, -0.2) is 53.4 Å². The number of likely N-dealkylation sites (tertiary alicyclic amines) is 1. The molecule has 0 spiro atoms. The second kappa shape index (κ2) is 4.55. The van der Waals surface area contributed by atoms with Crippen LogP contribution in [0.1, 0.15) is 32.6 Å². The Labute approximate surface area is 102 Å². The normalized spacial score (nSPS) is 26.4. The monoisotopic (exact) mass is 242 g/mol. The smallest absolute Gasteiger partial charge is 0.243 e. The number of carbonyl (C=O) groups is 1. The minimum atomic E-state index is -0.772. The van der Waals surface area contributed by atoms with Crippen molar-refractivity contribution >= 4 is 5.91 Å². The topological polar surface area (TPSA) is 75.8 Å². The Kier molecular flexibility index (Phi) is 3.43. The van der Waals surface area contributed by atoms with Crippen LogP contribution in [0.5, 0.6) is 0 Å². The summed E-state index contributed by atoms with van der Waals surface area (Å²) < 4.78 is 5.23. The van der Waals surface area contributed by atoms with Crippen molar-refractivity contribution in [3.63, 3.8) is 0 Å². The molecule has 5 nitrogen and oxygen atoms in total. The predicted molar refractivity (Wildman–Crippen MR) is 63.4 cm³/mol. The SMILES string of the molecule is CCCC1(O)CN(C(=O)C2(N)CCOCC2)C1. The molecular weight excluding hydrogens is 220 g/mol. The van der Waals surface area contributed by atoms with Gasteiger partial charge in [-0.2, -0.15) is 0 Å². The quantitative estimate of drug-likeness (QED) is 0.722. The van der Waals surface area contributed by atoms with Gasteiger partial charge in [0.2, 0.25) is 5.91 Å². The van der Waals surface area contributed by atoms with Gasteiger partial charge in [0.05, 0.1) is 24.2 Å². The van der Waals surface area contributed by atoms with Gasteiger partial charge in [-0.25, -0.2) is 0 Å². The maximum atomic E-state index is 12.2. The Morgan fingerprint density at radius 2 is 2.00 bits per heavy atom. The zero-order valence-corrected chi connectivity index (χ0v) is 10.4. The molecule has 98 valence electrons. The lowest BCUT2D eigenvalue weighted by molar-refractivity contribution is -0.165. The molecule has 0 aromatic carbocycles. The van der Waals surface area contributed by atoms with Crippen molar-refractivity contribution in [3.8, 4) is 0 Å². The molecule has 2 aliphatic rings. The number of β-amino-alcohol motifs (C(OH)–C–C–N with tert-alkyl or cyclic N) is 1. The van der Waals surface area contributed by atoms with E-state index in [1.165, 1.54) is 0 Å². The van der Waals surface area contributed by atoms with Crippen LogP contribution in [0.15, 0.2) is 0 Å². The minimum absolute atomic E-state index is 0.0263. The van der Waals surface area contributed by atoms with Crippen LogP contribution in [0.2, 0.25) is 0 Å². The van der Waals surface area contributed by atoms with Gasteiger partial charge in [0, 0.05) is 13.2 Å². The average molecular weight is 242 g/mol. The lowest BCUT2D eigenvalue weighted by atomic mass is 9.84. The molecule has 2 heterocycles. The Hall–Kier alpha value is -0.650. The van der Waals surface area contributed by atoms with Gasteiger partial charge in [0.15, 0.2) is 0 Å². The number of ether oxygens (including phenoxy) is 1. The largest absolute Gasteiger partial charge is 0.386 e. The molecule has 0 unspecified atom stereocenters. The number of nitrogens with two attached hydrogens (primary N) is 1. The molecule has 17 heavy (non-hydrogen) atoms. The molecule has 0 atom stereocenters. The van der Waals surface area contributed by atoms with Gasteiger partial charge in [-0.3, -0.25) is 4.79 Å². The van der Waals surface area contributed by atoms with Gasteiger partial charge in [0.25, 0.3) is 0 Å². The first-order chi connectivity index (χ1) is 7.99. The first-order valence-corrected chi connectivity index (χ1v) is 6.37. The van der Waals surface area contributed by atoms with Crippen molar-refractivity contribution in [2.45, 2.75) is 43.7 Å². The number of amides is 1. The summed E-state index contributed by atoms with van der Waals surface area (Å²) >= 11 is 0. The van der Waals surface area contributed by atoms with Gasteiger partial charge in [0.1, 0.15) is 0 Å². The molecular formula is C12H22N2O3. The van der Waals surface area contributed by atoms with Gasteiger partial charge in [-0.1, -0.05) is 13.3 Å². The zero-order chi connectivity index (χ0) is 12.5. The highest BCUT2D eigenvalue weighted by Crippen LogP contribution is 2.30. The maximum Gasteiger partial charge on any atom is 0.243 e. The second-order valence-corrected chi connectivity index (χ2v) is 5.40. The van der Waals surface area contributed by atoms with Crippen LogP contribution >= 0.6 is 0 Å². The van der Waals surface area contributed by atoms with Crippen LogP contribution < -0.4 is 5.73 Å². The zero-order valence-electron chi connectivity index (χ0n) is 10.4. The van der Waals surface area contributed by atoms with E-state index in [1.54, 1.807) is 4.90 Å². The third-order valence-electron chi connectivity index (χ3n) is 3.78. The number of rotatable bonds is 3. The number of hydrogen-bond donors (Lipinski definition) is 2. The van der Waals surface area contributed by atoms with E-state index in [9.17, 15) is 9.90 Å². The van der Waals surface area contributed by atoms with Gasteiger partial charge in [-0.15, -0.1) is 0 Å². The molecule has 2 rings (SSSR count). The van der Waals surface area contributed by atoms with E-state index in [0.717, 1.165) is 12.8 Å². The Morgan fingerprint density at radius 3 is 2.53 bits per heavy atom. The van der Waals surface area contributed by atoms with Crippen LogP contribution in [0.4, 0.5) is 0 Å². The molecule has 0 saturated carbocycles. The van der Waals surface area contributed by atoms with Crippen molar-refractivity contribution in [1.82, 2.24) is 4.90 Å². The summed E-state index contributed by atoms with van der Waals surface area (Å²) in [4.78, 5) is 13.9. The van der Waals surface area contributed by atoms with Crippen molar-refractivity contribution < 1.29 is 14.6 Å². The standard InChI is InChI=1S/C12H22N2O3/c1-2-3-11(16)8-14(9-11)10(15)12(13)4-6-17-7-5-12/h16H,2-9,13H2,1H3. The highest BCUT2D eigenvalue weighted by molar-refractivity contribution is 5.87. The maximum absolute atomic E-state index is 12.2. The molecule has 5 heteroatoms. The number of hydrogen-bond acceptors (Lipinski definition) is 4. The molecule has 1 amide bonds. The van der Waals surface area contributed by atoms with Crippen LogP contribution in [0.3, 0.4) is 0 Å². The molecule has 0 aromatic rings. The summed E-state index contributed by atoms with van der Waals surface area (Å²) in [6, 6.07) is 0. The molecule has 0 aromatic heterocycles. The van der Waals surface area contributed by atoms with Crippen molar-refractivity contribution in [3.05, 3.63) is 0 Å². The van der Waals surface area contributed by atoms with Crippen LogP contribution in [0, 0.1) is 0 Å². The summed E-state index contributed by atoms with van der Waals surface area (Å²) in [6.07, 6.45) is 2.83. The molecule has 3 N–H and O–H groups in total. The molecule has 2 aliphatic heterocycles. The van der Waals surface area contributed by atoms with E-state index >= 15 is 0 Å². The van der Waals surface area contributed by atoms with E-state index in [1.807, 2.05) is 6.92 Å². The summed E-state index contributed by atoms with van der Waals surface area (Å²) in [7, 11) is 0. The lowest BCUT2D eigenvalue weighted by Gasteiger charge is -2.49. The Morgan fingerprint density at radius 1 is 1.41 bits per heavy atom. The fraction of sp³-hybridized carbons (Fsp3) is 0.917. The fourth-order valence-corrected chi connectivity index (χ4v) is 2.70. The summed E-state index contributed by atoms with van der Waals surface area (Å²) in [5.74, 6) is -0.0263. The minimum Gasteiger partial charge on any atom is -0.386 e.